The lowest BCUT2D eigenvalue weighted by atomic mass is 10.0. The van der Waals surface area contributed by atoms with Gasteiger partial charge in [0.05, 0.1) is 6.61 Å². The van der Waals surface area contributed by atoms with Gasteiger partial charge in [-0.3, -0.25) is 14.1 Å². The second-order valence-electron chi connectivity index (χ2n) is 17.5. The van der Waals surface area contributed by atoms with Gasteiger partial charge in [0.25, 0.3) is 0 Å². The third-order valence-corrected chi connectivity index (χ3v) is 12.0. The summed E-state index contributed by atoms with van der Waals surface area (Å²) < 4.78 is 26.5. The van der Waals surface area contributed by atoms with Crippen molar-refractivity contribution in [2.45, 2.75) is 283 Å². The molecular weight excluding hydrogens is 760 g/mol. The molecule has 8 nitrogen and oxygen atoms in total. The monoisotopic (exact) mass is 857 g/mol. The first-order valence-electron chi connectivity index (χ1n) is 25.5. The van der Waals surface area contributed by atoms with Crippen molar-refractivity contribution in [1.82, 2.24) is 0 Å². The first-order valence-corrected chi connectivity index (χ1v) is 27.0. The Kier molecular flexibility index (Phi) is 45.3. The van der Waals surface area contributed by atoms with Gasteiger partial charge in [0.2, 0.25) is 0 Å². The number of hydrogen-bond acceptors (Lipinski definition) is 6. The van der Waals surface area contributed by atoms with E-state index in [9.17, 15) is 14.2 Å². The molecule has 350 valence electrons. The zero-order valence-electron chi connectivity index (χ0n) is 38.9. The minimum atomic E-state index is -4.76. The maximum Gasteiger partial charge on any atom is 0.469 e. The van der Waals surface area contributed by atoms with E-state index >= 15 is 0 Å². The topological polar surface area (TPSA) is 119 Å². The molecule has 0 saturated heterocycles. The molecule has 0 rings (SSSR count). The quantitative estimate of drug-likeness (QED) is 0.0269. The Morgan fingerprint density at radius 1 is 0.424 bits per heavy atom. The molecule has 0 radical (unpaired) electrons. The van der Waals surface area contributed by atoms with E-state index in [1.807, 2.05) is 0 Å². The van der Waals surface area contributed by atoms with Crippen LogP contribution >= 0.6 is 7.82 Å². The van der Waals surface area contributed by atoms with Gasteiger partial charge in [-0.25, -0.2) is 4.57 Å². The first-order chi connectivity index (χ1) is 28.8. The fourth-order valence-electron chi connectivity index (χ4n) is 7.72. The second kappa shape index (κ2) is 46.3. The predicted molar refractivity (Wildman–Crippen MR) is 249 cm³/mol. The van der Waals surface area contributed by atoms with E-state index in [4.69, 9.17) is 19.3 Å². The van der Waals surface area contributed by atoms with Crippen LogP contribution in [0.4, 0.5) is 0 Å². The normalized spacial score (nSPS) is 12.4. The molecule has 0 saturated carbocycles. The molecule has 0 aromatic heterocycles. The van der Waals surface area contributed by atoms with E-state index in [1.54, 1.807) is 0 Å². The number of esters is 2. The van der Waals surface area contributed by atoms with Crippen LogP contribution in [0.5, 0.6) is 0 Å². The average molecular weight is 857 g/mol. The predicted octanol–water partition coefficient (Wildman–Crippen LogP) is 16.1. The van der Waals surface area contributed by atoms with Gasteiger partial charge < -0.3 is 19.3 Å². The molecular formula is C50H97O8P. The van der Waals surface area contributed by atoms with E-state index < -0.39 is 32.5 Å². The molecule has 0 bridgehead atoms. The number of allylic oxidation sites excluding steroid dienone is 2. The summed E-state index contributed by atoms with van der Waals surface area (Å²) in [5, 5.41) is 0. The van der Waals surface area contributed by atoms with E-state index in [1.165, 1.54) is 205 Å². The zero-order chi connectivity index (χ0) is 43.2. The fourth-order valence-corrected chi connectivity index (χ4v) is 8.09. The minimum Gasteiger partial charge on any atom is -0.462 e. The molecule has 0 aliphatic rings. The van der Waals surface area contributed by atoms with Gasteiger partial charge in [-0.2, -0.15) is 0 Å². The highest BCUT2D eigenvalue weighted by molar-refractivity contribution is 7.46. The highest BCUT2D eigenvalue weighted by Gasteiger charge is 2.23. The number of unbranched alkanes of at least 4 members (excludes halogenated alkanes) is 36. The molecule has 59 heavy (non-hydrogen) atoms. The molecule has 0 aliphatic heterocycles. The Hall–Kier alpha value is -1.21. The molecule has 2 N–H and O–H groups in total. The van der Waals surface area contributed by atoms with E-state index in [0.717, 1.165) is 38.5 Å². The van der Waals surface area contributed by atoms with Gasteiger partial charge in [0.1, 0.15) is 6.61 Å². The van der Waals surface area contributed by atoms with Crippen LogP contribution in [-0.4, -0.2) is 41.0 Å². The van der Waals surface area contributed by atoms with Gasteiger partial charge in [-0.1, -0.05) is 238 Å². The van der Waals surface area contributed by atoms with Gasteiger partial charge in [0, 0.05) is 12.8 Å². The van der Waals surface area contributed by atoms with Crippen molar-refractivity contribution in [1.29, 1.82) is 0 Å². The number of ether oxygens (including phenoxy) is 2. The largest absolute Gasteiger partial charge is 0.469 e. The van der Waals surface area contributed by atoms with E-state index in [-0.39, 0.29) is 19.4 Å². The Bertz CT molecular complexity index is 967. The van der Waals surface area contributed by atoms with Gasteiger partial charge in [0.15, 0.2) is 6.10 Å². The highest BCUT2D eigenvalue weighted by Crippen LogP contribution is 2.36. The first kappa shape index (κ1) is 57.8. The third kappa shape index (κ3) is 49.3. The van der Waals surface area contributed by atoms with Crippen molar-refractivity contribution >= 4 is 19.8 Å². The van der Waals surface area contributed by atoms with Crippen LogP contribution in [0.2, 0.25) is 0 Å². The van der Waals surface area contributed by atoms with Crippen molar-refractivity contribution in [3.05, 3.63) is 12.2 Å². The van der Waals surface area contributed by atoms with Gasteiger partial charge in [-0.05, 0) is 38.5 Å². The summed E-state index contributed by atoms with van der Waals surface area (Å²) in [6, 6.07) is 0. The molecule has 0 aliphatic carbocycles. The molecule has 1 atom stereocenters. The Morgan fingerprint density at radius 2 is 0.712 bits per heavy atom. The van der Waals surface area contributed by atoms with Crippen molar-refractivity contribution in [2.75, 3.05) is 13.2 Å². The van der Waals surface area contributed by atoms with Crippen molar-refractivity contribution in [3.8, 4) is 0 Å². The molecule has 0 fully saturated rings. The summed E-state index contributed by atoms with van der Waals surface area (Å²) in [6.45, 7) is 3.74. The standard InChI is InChI=1S/C50H97O8P/c1-3-5-7-9-11-13-15-17-19-21-23-24-25-27-28-30-32-34-36-38-40-42-44-49(51)56-46-48(47-57-59(53,54)55)58-50(52)45-43-41-39-37-35-33-31-29-26-22-20-18-16-14-12-10-8-6-4-2/h18,20,48H,3-17,19,21-47H2,1-2H3,(H2,53,54,55)/b20-18+/t48-/m1/s1. The van der Waals surface area contributed by atoms with E-state index in [2.05, 4.69) is 30.5 Å². The van der Waals surface area contributed by atoms with Crippen molar-refractivity contribution in [2.24, 2.45) is 0 Å². The Balaban J connectivity index is 3.77. The maximum absolute atomic E-state index is 12.5. The van der Waals surface area contributed by atoms with Crippen LogP contribution in [0.3, 0.4) is 0 Å². The highest BCUT2D eigenvalue weighted by atomic mass is 31.2. The minimum absolute atomic E-state index is 0.214. The summed E-state index contributed by atoms with van der Waals surface area (Å²) in [5.74, 6) is -0.869. The lowest BCUT2D eigenvalue weighted by molar-refractivity contribution is -0.161. The van der Waals surface area contributed by atoms with E-state index in [0.29, 0.717) is 6.42 Å². The van der Waals surface area contributed by atoms with Crippen LogP contribution in [0.25, 0.3) is 0 Å². The zero-order valence-corrected chi connectivity index (χ0v) is 39.8. The summed E-state index contributed by atoms with van der Waals surface area (Å²) in [4.78, 5) is 43.1. The molecule has 0 aromatic carbocycles. The van der Waals surface area contributed by atoms with Crippen LogP contribution in [0.1, 0.15) is 277 Å². The number of carbonyl (C=O) groups excluding carboxylic acids is 2. The molecule has 0 spiro atoms. The van der Waals surface area contributed by atoms with Crippen molar-refractivity contribution in [3.63, 3.8) is 0 Å². The Morgan fingerprint density at radius 3 is 1.03 bits per heavy atom. The van der Waals surface area contributed by atoms with Crippen LogP contribution in [0, 0.1) is 0 Å². The fraction of sp³-hybridized carbons (Fsp3) is 0.920. The lowest BCUT2D eigenvalue weighted by Crippen LogP contribution is -2.29. The van der Waals surface area contributed by atoms with Crippen LogP contribution in [-0.2, 0) is 28.2 Å². The summed E-state index contributed by atoms with van der Waals surface area (Å²) in [7, 11) is -4.76. The maximum atomic E-state index is 12.5. The van der Waals surface area contributed by atoms with Gasteiger partial charge in [-0.15, -0.1) is 0 Å². The number of hydrogen-bond donors (Lipinski definition) is 2. The average Bonchev–Trinajstić information content (AvgIpc) is 3.21. The molecule has 0 unspecified atom stereocenters. The van der Waals surface area contributed by atoms with Crippen molar-refractivity contribution < 1.29 is 37.9 Å². The number of phosphoric acid groups is 1. The SMILES string of the molecule is CCCCCCCC/C=C/CCCCCCCCCCCC(=O)O[C@H](COC(=O)CCCCCCCCCCCCCCCCCCCCCCCC)COP(=O)(O)O. The number of carbonyl (C=O) groups is 2. The Labute approximate surface area is 365 Å². The summed E-state index contributed by atoms with van der Waals surface area (Å²) in [6.07, 6.45) is 53.7. The summed E-state index contributed by atoms with van der Waals surface area (Å²) in [5.41, 5.74) is 0. The second-order valence-corrected chi connectivity index (χ2v) is 18.7. The lowest BCUT2D eigenvalue weighted by Gasteiger charge is -2.18. The van der Waals surface area contributed by atoms with Crippen LogP contribution in [0.15, 0.2) is 12.2 Å². The molecule has 0 heterocycles. The molecule has 0 amide bonds. The number of rotatable bonds is 48. The molecule has 0 aromatic rings. The smallest absolute Gasteiger partial charge is 0.462 e. The summed E-state index contributed by atoms with van der Waals surface area (Å²) >= 11 is 0. The third-order valence-electron chi connectivity index (χ3n) is 11.5. The molecule has 9 heteroatoms. The van der Waals surface area contributed by atoms with Gasteiger partial charge >= 0.3 is 19.8 Å². The van der Waals surface area contributed by atoms with Crippen LogP contribution < -0.4 is 0 Å². The number of phosphoric ester groups is 1.